The lowest BCUT2D eigenvalue weighted by Gasteiger charge is -2.57. The van der Waals surface area contributed by atoms with Crippen LogP contribution in [0.15, 0.2) is 0 Å². The zero-order valence-electron chi connectivity index (χ0n) is 7.75. The Balaban J connectivity index is 2.04. The van der Waals surface area contributed by atoms with Crippen LogP contribution in [-0.4, -0.2) is 22.3 Å². The fourth-order valence-electron chi connectivity index (χ4n) is 3.48. The van der Waals surface area contributed by atoms with E-state index in [1.807, 2.05) is 6.92 Å². The maximum Gasteiger partial charge on any atom is 0.167 e. The van der Waals surface area contributed by atoms with Crippen LogP contribution in [0.4, 0.5) is 0 Å². The summed E-state index contributed by atoms with van der Waals surface area (Å²) < 4.78 is 5.65. The molecule has 2 saturated carbocycles. The molecule has 0 radical (unpaired) electrons. The molecule has 0 aromatic heterocycles. The molecule has 0 amide bonds. The summed E-state index contributed by atoms with van der Waals surface area (Å²) in [6.45, 7) is 2.02. The van der Waals surface area contributed by atoms with Crippen molar-refractivity contribution in [2.75, 3.05) is 0 Å². The number of carbonyl (C=O) groups is 1. The van der Waals surface area contributed by atoms with Crippen LogP contribution in [0.2, 0.25) is 0 Å². The lowest BCUT2D eigenvalue weighted by molar-refractivity contribution is -0.337. The predicted molar refractivity (Wildman–Crippen MR) is 44.9 cm³/mol. The Kier molecular flexibility index (Phi) is 1.21. The van der Waals surface area contributed by atoms with Gasteiger partial charge in [-0.05, 0) is 19.8 Å². The molecule has 4 aliphatic rings. The zero-order valence-corrected chi connectivity index (χ0v) is 7.75. The molecule has 3 nitrogen and oxygen atoms in total. The van der Waals surface area contributed by atoms with Crippen LogP contribution >= 0.6 is 0 Å². The van der Waals surface area contributed by atoms with Gasteiger partial charge in [0.15, 0.2) is 5.79 Å². The van der Waals surface area contributed by atoms with Crippen LogP contribution < -0.4 is 0 Å². The molecule has 2 saturated heterocycles. The van der Waals surface area contributed by atoms with Gasteiger partial charge in [0.05, 0.1) is 5.60 Å². The van der Waals surface area contributed by atoms with Crippen molar-refractivity contribution in [1.82, 2.24) is 0 Å². The molecular weight excluding hydrogens is 168 g/mol. The number of rotatable bonds is 0. The topological polar surface area (TPSA) is 46.5 Å². The van der Waals surface area contributed by atoms with Gasteiger partial charge in [0.1, 0.15) is 5.78 Å². The standard InChI is InChI=1S/C10H14O3/c1-9-2-6-4-10(12,13-9)5-7(3-9)8(6)11/h6-7,12H,2-5H2,1H3/t6-,7+,9?,10?. The first kappa shape index (κ1) is 7.94. The number of ketones is 1. The van der Waals surface area contributed by atoms with Gasteiger partial charge in [-0.1, -0.05) is 0 Å². The summed E-state index contributed by atoms with van der Waals surface area (Å²) in [7, 11) is 0. The third kappa shape index (κ3) is 0.945. The van der Waals surface area contributed by atoms with Crippen molar-refractivity contribution in [3.05, 3.63) is 0 Å². The third-order valence-electron chi connectivity index (χ3n) is 3.73. The van der Waals surface area contributed by atoms with Gasteiger partial charge in [0.25, 0.3) is 0 Å². The molecule has 4 rings (SSSR count). The minimum absolute atomic E-state index is 0.0660. The van der Waals surface area contributed by atoms with Crippen molar-refractivity contribution in [3.63, 3.8) is 0 Å². The lowest BCUT2D eigenvalue weighted by atomic mass is 9.61. The maximum atomic E-state index is 11.7. The van der Waals surface area contributed by atoms with E-state index < -0.39 is 5.79 Å². The summed E-state index contributed by atoms with van der Waals surface area (Å²) in [5.41, 5.74) is -0.228. The van der Waals surface area contributed by atoms with Gasteiger partial charge in [0.2, 0.25) is 0 Å². The smallest absolute Gasteiger partial charge is 0.167 e. The highest BCUT2D eigenvalue weighted by atomic mass is 16.6. The highest BCUT2D eigenvalue weighted by Crippen LogP contribution is 2.54. The van der Waals surface area contributed by atoms with Crippen LogP contribution in [0.25, 0.3) is 0 Å². The second-order valence-electron chi connectivity index (χ2n) is 5.11. The predicted octanol–water partition coefficient (Wildman–Crippen LogP) is 0.853. The van der Waals surface area contributed by atoms with Crippen molar-refractivity contribution >= 4 is 5.78 Å². The van der Waals surface area contributed by atoms with E-state index in [4.69, 9.17) is 4.74 Å². The van der Waals surface area contributed by atoms with E-state index in [1.54, 1.807) is 0 Å². The Morgan fingerprint density at radius 1 is 1.31 bits per heavy atom. The van der Waals surface area contributed by atoms with E-state index in [2.05, 4.69) is 0 Å². The Hall–Kier alpha value is -0.410. The molecule has 2 aliphatic heterocycles. The normalized spacial score (nSPS) is 58.8. The van der Waals surface area contributed by atoms with Crippen molar-refractivity contribution in [3.8, 4) is 0 Å². The number of hydrogen-bond acceptors (Lipinski definition) is 3. The molecular formula is C10H14O3. The fraction of sp³-hybridized carbons (Fsp3) is 0.900. The number of carbonyl (C=O) groups excluding carboxylic acids is 1. The summed E-state index contributed by atoms with van der Waals surface area (Å²) in [4.78, 5) is 11.7. The molecule has 4 fully saturated rings. The van der Waals surface area contributed by atoms with Crippen LogP contribution in [-0.2, 0) is 9.53 Å². The van der Waals surface area contributed by atoms with Crippen LogP contribution in [0, 0.1) is 11.8 Å². The van der Waals surface area contributed by atoms with Crippen LogP contribution in [0.1, 0.15) is 32.6 Å². The van der Waals surface area contributed by atoms with Crippen molar-refractivity contribution in [2.24, 2.45) is 11.8 Å². The van der Waals surface area contributed by atoms with Gasteiger partial charge in [0, 0.05) is 24.7 Å². The number of hydrogen-bond donors (Lipinski definition) is 1. The molecule has 13 heavy (non-hydrogen) atoms. The molecule has 0 aromatic carbocycles. The van der Waals surface area contributed by atoms with E-state index in [1.165, 1.54) is 0 Å². The van der Waals surface area contributed by atoms with Gasteiger partial charge in [-0.2, -0.15) is 0 Å². The molecule has 2 aliphatic carbocycles. The summed E-state index contributed by atoms with van der Waals surface area (Å²) in [6.07, 6.45) is 2.67. The summed E-state index contributed by atoms with van der Waals surface area (Å²) in [5, 5.41) is 10.0. The Bertz CT molecular complexity index is 246. The first-order valence-electron chi connectivity index (χ1n) is 4.96. The van der Waals surface area contributed by atoms with Gasteiger partial charge in [-0.3, -0.25) is 4.79 Å². The van der Waals surface area contributed by atoms with Gasteiger partial charge >= 0.3 is 0 Å². The molecule has 4 atom stereocenters. The van der Waals surface area contributed by atoms with Gasteiger partial charge < -0.3 is 9.84 Å². The van der Waals surface area contributed by atoms with Crippen LogP contribution in [0.5, 0.6) is 0 Å². The average Bonchev–Trinajstić information content (AvgIpc) is 1.94. The second-order valence-corrected chi connectivity index (χ2v) is 5.11. The number of aliphatic hydroxyl groups is 1. The average molecular weight is 182 g/mol. The van der Waals surface area contributed by atoms with Crippen molar-refractivity contribution in [2.45, 2.75) is 44.0 Å². The Labute approximate surface area is 77.1 Å². The van der Waals surface area contributed by atoms with Crippen molar-refractivity contribution in [1.29, 1.82) is 0 Å². The largest absolute Gasteiger partial charge is 0.365 e. The highest BCUT2D eigenvalue weighted by Gasteiger charge is 2.60. The first-order valence-corrected chi connectivity index (χ1v) is 4.96. The quantitative estimate of drug-likeness (QED) is 0.604. The third-order valence-corrected chi connectivity index (χ3v) is 3.73. The van der Waals surface area contributed by atoms with Gasteiger partial charge in [-0.25, -0.2) is 0 Å². The van der Waals surface area contributed by atoms with E-state index in [0.29, 0.717) is 18.6 Å². The van der Waals surface area contributed by atoms with E-state index >= 15 is 0 Å². The molecule has 4 bridgehead atoms. The molecule has 72 valence electrons. The molecule has 3 heteroatoms. The van der Waals surface area contributed by atoms with Gasteiger partial charge in [-0.15, -0.1) is 0 Å². The summed E-state index contributed by atoms with van der Waals surface area (Å²) >= 11 is 0. The Morgan fingerprint density at radius 2 is 1.85 bits per heavy atom. The summed E-state index contributed by atoms with van der Waals surface area (Å²) in [5.74, 6) is -0.480. The van der Waals surface area contributed by atoms with E-state index in [-0.39, 0.29) is 17.4 Å². The molecule has 0 spiro atoms. The number of ether oxygens (including phenoxy) is 1. The maximum absolute atomic E-state index is 11.7. The minimum Gasteiger partial charge on any atom is -0.365 e. The molecule has 1 N–H and O–H groups in total. The second kappa shape index (κ2) is 1.98. The lowest BCUT2D eigenvalue weighted by Crippen LogP contribution is -2.63. The SMILES string of the molecule is CC12C[C@@H]3CC(O)(C[C@H](C1)C3=O)O2. The van der Waals surface area contributed by atoms with E-state index in [9.17, 15) is 9.90 Å². The Morgan fingerprint density at radius 3 is 2.31 bits per heavy atom. The van der Waals surface area contributed by atoms with Crippen molar-refractivity contribution < 1.29 is 14.6 Å². The zero-order chi connectivity index (χ0) is 9.27. The fourth-order valence-corrected chi connectivity index (χ4v) is 3.48. The molecule has 0 aromatic rings. The minimum atomic E-state index is -0.978. The van der Waals surface area contributed by atoms with Crippen LogP contribution in [0.3, 0.4) is 0 Å². The monoisotopic (exact) mass is 182 g/mol. The summed E-state index contributed by atoms with van der Waals surface area (Å²) in [6, 6.07) is 0. The molecule has 2 unspecified atom stereocenters. The number of Topliss-reactive ketones (excluding diaryl/α,β-unsaturated/α-hetero) is 1. The molecule has 2 heterocycles. The first-order chi connectivity index (χ1) is 6.00. The van der Waals surface area contributed by atoms with E-state index in [0.717, 1.165) is 12.8 Å². The highest BCUT2D eigenvalue weighted by molar-refractivity contribution is 5.86.